The smallest absolute Gasteiger partial charge is 0.328 e. The normalized spacial score (nSPS) is 12.4. The summed E-state index contributed by atoms with van der Waals surface area (Å²) in [6.45, 7) is 0.342. The Labute approximate surface area is 203 Å². The number of esters is 1. The summed E-state index contributed by atoms with van der Waals surface area (Å²) in [7, 11) is 2.68. The number of hydrogen-bond donors (Lipinski definition) is 5. The summed E-state index contributed by atoms with van der Waals surface area (Å²) in [4.78, 5) is 36.3. The SMILES string of the molecule is COC(=O)C(CCc1ccc(O)cc1)NC(=O)C(CC(=O)O)NCCCc1ccc(OC)c(O)c1. The molecule has 10 heteroatoms. The first kappa shape index (κ1) is 27.5. The van der Waals surface area contributed by atoms with Crippen molar-refractivity contribution in [2.24, 2.45) is 0 Å². The number of carbonyl (C=O) groups is 3. The van der Waals surface area contributed by atoms with E-state index in [1.807, 2.05) is 6.07 Å². The Morgan fingerprint density at radius 3 is 2.23 bits per heavy atom. The van der Waals surface area contributed by atoms with Crippen LogP contribution in [-0.4, -0.2) is 66.0 Å². The molecule has 0 radical (unpaired) electrons. The molecule has 2 aromatic carbocycles. The van der Waals surface area contributed by atoms with Crippen LogP contribution < -0.4 is 15.4 Å². The number of benzene rings is 2. The molecule has 0 aliphatic heterocycles. The van der Waals surface area contributed by atoms with Gasteiger partial charge in [-0.25, -0.2) is 4.79 Å². The number of hydrogen-bond acceptors (Lipinski definition) is 8. The van der Waals surface area contributed by atoms with E-state index in [-0.39, 0.29) is 17.9 Å². The van der Waals surface area contributed by atoms with Gasteiger partial charge in [-0.2, -0.15) is 0 Å². The molecule has 0 saturated carbocycles. The van der Waals surface area contributed by atoms with Crippen molar-refractivity contribution in [1.29, 1.82) is 0 Å². The third-order valence-corrected chi connectivity index (χ3v) is 5.43. The number of carboxylic acid groups (broad SMARTS) is 1. The van der Waals surface area contributed by atoms with Crippen LogP contribution in [-0.2, 0) is 32.0 Å². The van der Waals surface area contributed by atoms with Gasteiger partial charge in [0.15, 0.2) is 11.5 Å². The van der Waals surface area contributed by atoms with Crippen molar-refractivity contribution in [2.45, 2.75) is 44.2 Å². The zero-order chi connectivity index (χ0) is 25.8. The number of aryl methyl sites for hydroxylation is 2. The highest BCUT2D eigenvalue weighted by atomic mass is 16.5. The summed E-state index contributed by atoms with van der Waals surface area (Å²) in [5.41, 5.74) is 1.72. The summed E-state index contributed by atoms with van der Waals surface area (Å²) < 4.78 is 9.81. The van der Waals surface area contributed by atoms with Crippen LogP contribution in [0.5, 0.6) is 17.2 Å². The second-order valence-corrected chi connectivity index (χ2v) is 8.00. The standard InChI is InChI=1S/C25H32N2O8/c1-34-22-12-8-17(14-21(22)29)4-3-13-26-20(15-23(30)31)24(32)27-19(25(33)35-2)11-7-16-5-9-18(28)10-6-16/h5-6,8-10,12,14,19-20,26,28-29H,3-4,7,11,13,15H2,1-2H3,(H,27,32)(H,30,31). The third kappa shape index (κ3) is 9.17. The topological polar surface area (TPSA) is 154 Å². The number of aliphatic carboxylic acids is 1. The second kappa shape index (κ2) is 13.8. The van der Waals surface area contributed by atoms with Crippen molar-refractivity contribution in [1.82, 2.24) is 10.6 Å². The van der Waals surface area contributed by atoms with Crippen LogP contribution in [0.3, 0.4) is 0 Å². The lowest BCUT2D eigenvalue weighted by atomic mass is 10.0. The van der Waals surface area contributed by atoms with Gasteiger partial charge in [-0.05, 0) is 67.6 Å². The van der Waals surface area contributed by atoms with Crippen molar-refractivity contribution in [3.05, 3.63) is 53.6 Å². The highest BCUT2D eigenvalue weighted by Crippen LogP contribution is 2.26. The summed E-state index contributed by atoms with van der Waals surface area (Å²) in [5, 5.41) is 34.1. The number of carboxylic acids is 1. The number of rotatable bonds is 14. The molecule has 0 aliphatic rings. The molecule has 0 spiro atoms. The summed E-state index contributed by atoms with van der Waals surface area (Å²) in [6, 6.07) is 9.54. The van der Waals surface area contributed by atoms with Crippen molar-refractivity contribution < 1.29 is 39.2 Å². The number of aromatic hydroxyl groups is 2. The van der Waals surface area contributed by atoms with E-state index in [2.05, 4.69) is 10.6 Å². The molecule has 10 nitrogen and oxygen atoms in total. The zero-order valence-electron chi connectivity index (χ0n) is 19.8. The number of carbonyl (C=O) groups excluding carboxylic acids is 2. The van der Waals surface area contributed by atoms with Gasteiger partial charge in [0.2, 0.25) is 5.91 Å². The van der Waals surface area contributed by atoms with Crippen LogP contribution in [0.25, 0.3) is 0 Å². The van der Waals surface area contributed by atoms with Crippen LogP contribution in [0.1, 0.15) is 30.4 Å². The lowest BCUT2D eigenvalue weighted by Gasteiger charge is -2.21. The largest absolute Gasteiger partial charge is 0.508 e. The summed E-state index contributed by atoms with van der Waals surface area (Å²) in [5.74, 6) is -1.88. The fourth-order valence-electron chi connectivity index (χ4n) is 3.53. The molecule has 0 heterocycles. The molecular formula is C25H32N2O8. The van der Waals surface area contributed by atoms with Gasteiger partial charge in [0.1, 0.15) is 11.8 Å². The van der Waals surface area contributed by atoms with Gasteiger partial charge in [-0.3, -0.25) is 9.59 Å². The predicted molar refractivity (Wildman–Crippen MR) is 127 cm³/mol. The van der Waals surface area contributed by atoms with E-state index < -0.39 is 36.4 Å². The van der Waals surface area contributed by atoms with E-state index in [1.165, 1.54) is 26.4 Å². The molecule has 0 aromatic heterocycles. The molecule has 0 fully saturated rings. The van der Waals surface area contributed by atoms with Crippen molar-refractivity contribution in [3.8, 4) is 17.2 Å². The second-order valence-electron chi connectivity index (χ2n) is 8.00. The molecular weight excluding hydrogens is 456 g/mol. The molecule has 2 atom stereocenters. The average Bonchev–Trinajstić information content (AvgIpc) is 2.83. The van der Waals surface area contributed by atoms with E-state index in [9.17, 15) is 29.7 Å². The number of phenolic OH excluding ortho intramolecular Hbond substituents is 2. The van der Waals surface area contributed by atoms with Crippen molar-refractivity contribution in [3.63, 3.8) is 0 Å². The van der Waals surface area contributed by atoms with Gasteiger partial charge >= 0.3 is 11.9 Å². The average molecular weight is 489 g/mol. The van der Waals surface area contributed by atoms with Crippen LogP contribution in [0, 0.1) is 0 Å². The van der Waals surface area contributed by atoms with Crippen LogP contribution in [0.2, 0.25) is 0 Å². The molecule has 0 saturated heterocycles. The number of methoxy groups -OCH3 is 2. The van der Waals surface area contributed by atoms with Gasteiger partial charge in [0, 0.05) is 0 Å². The molecule has 0 aliphatic carbocycles. The number of amides is 1. The predicted octanol–water partition coefficient (Wildman–Crippen LogP) is 1.76. The van der Waals surface area contributed by atoms with Gasteiger partial charge in [-0.15, -0.1) is 0 Å². The maximum Gasteiger partial charge on any atom is 0.328 e. The van der Waals surface area contributed by atoms with Crippen LogP contribution >= 0.6 is 0 Å². The highest BCUT2D eigenvalue weighted by molar-refractivity contribution is 5.90. The molecule has 2 unspecified atom stereocenters. The van der Waals surface area contributed by atoms with Gasteiger partial charge < -0.3 is 35.4 Å². The molecule has 1 amide bonds. The minimum atomic E-state index is -1.16. The highest BCUT2D eigenvalue weighted by Gasteiger charge is 2.27. The first-order chi connectivity index (χ1) is 16.7. The quantitative estimate of drug-likeness (QED) is 0.198. The monoisotopic (exact) mass is 488 g/mol. The van der Waals surface area contributed by atoms with E-state index in [4.69, 9.17) is 9.47 Å². The van der Waals surface area contributed by atoms with E-state index >= 15 is 0 Å². The molecule has 2 rings (SSSR count). The van der Waals surface area contributed by atoms with E-state index in [1.54, 1.807) is 24.3 Å². The zero-order valence-corrected chi connectivity index (χ0v) is 19.8. The van der Waals surface area contributed by atoms with Crippen LogP contribution in [0.4, 0.5) is 0 Å². The first-order valence-corrected chi connectivity index (χ1v) is 11.2. The number of nitrogens with one attached hydrogen (secondary N) is 2. The summed E-state index contributed by atoms with van der Waals surface area (Å²) >= 11 is 0. The Bertz CT molecular complexity index is 993. The van der Waals surface area contributed by atoms with E-state index in [0.717, 1.165) is 11.1 Å². The Morgan fingerprint density at radius 2 is 1.63 bits per heavy atom. The Kier molecular flexibility index (Phi) is 10.8. The molecule has 35 heavy (non-hydrogen) atoms. The Hall–Kier alpha value is -3.79. The fraction of sp³-hybridized carbons (Fsp3) is 0.400. The number of ether oxygens (including phenoxy) is 2. The van der Waals surface area contributed by atoms with Gasteiger partial charge in [0.05, 0.1) is 26.7 Å². The molecule has 5 N–H and O–H groups in total. The minimum Gasteiger partial charge on any atom is -0.508 e. The summed E-state index contributed by atoms with van der Waals surface area (Å²) in [6.07, 6.45) is 1.39. The lowest BCUT2D eigenvalue weighted by Crippen LogP contribution is -2.51. The Morgan fingerprint density at radius 1 is 0.943 bits per heavy atom. The molecule has 190 valence electrons. The van der Waals surface area contributed by atoms with E-state index in [0.29, 0.717) is 31.6 Å². The van der Waals surface area contributed by atoms with Crippen molar-refractivity contribution >= 4 is 17.8 Å². The maximum absolute atomic E-state index is 12.8. The van der Waals surface area contributed by atoms with Crippen molar-refractivity contribution in [2.75, 3.05) is 20.8 Å². The fourth-order valence-corrected chi connectivity index (χ4v) is 3.53. The molecule has 0 bridgehead atoms. The van der Waals surface area contributed by atoms with Gasteiger partial charge in [0.25, 0.3) is 0 Å². The lowest BCUT2D eigenvalue weighted by molar-refractivity contribution is -0.145. The number of phenols is 2. The maximum atomic E-state index is 12.8. The first-order valence-electron chi connectivity index (χ1n) is 11.2. The Balaban J connectivity index is 1.93. The minimum absolute atomic E-state index is 0.0299. The third-order valence-electron chi connectivity index (χ3n) is 5.43. The van der Waals surface area contributed by atoms with Gasteiger partial charge in [-0.1, -0.05) is 18.2 Å². The van der Waals surface area contributed by atoms with Crippen LogP contribution in [0.15, 0.2) is 42.5 Å². The molecule has 2 aromatic rings.